The highest BCUT2D eigenvalue weighted by Gasteiger charge is 2.32. The minimum absolute atomic E-state index is 0.272. The molecule has 0 aliphatic heterocycles. The summed E-state index contributed by atoms with van der Waals surface area (Å²) in [6, 6.07) is 7.94. The Hall–Kier alpha value is -2.08. The zero-order valence-corrected chi connectivity index (χ0v) is 11.0. The zero-order chi connectivity index (χ0) is 15.6. The summed E-state index contributed by atoms with van der Waals surface area (Å²) in [6.07, 6.45) is -6.08. The molecule has 0 aliphatic carbocycles. The molecule has 0 fully saturated rings. The normalized spacial score (nSPS) is 13.0. The molecular formula is C15H12F4O2. The van der Waals surface area contributed by atoms with E-state index in [-0.39, 0.29) is 5.56 Å². The summed E-state index contributed by atoms with van der Waals surface area (Å²) in [5.41, 5.74) is -1.16. The number of aliphatic hydroxyl groups is 1. The van der Waals surface area contributed by atoms with Crippen LogP contribution in [0.3, 0.4) is 0 Å². The lowest BCUT2D eigenvalue weighted by molar-refractivity contribution is -0.137. The molecule has 0 saturated heterocycles. The molecular weight excluding hydrogens is 288 g/mol. The van der Waals surface area contributed by atoms with E-state index >= 15 is 0 Å². The number of hydrogen-bond donors (Lipinski definition) is 1. The summed E-state index contributed by atoms with van der Waals surface area (Å²) in [6.45, 7) is 0. The third-order valence-corrected chi connectivity index (χ3v) is 3.05. The van der Waals surface area contributed by atoms with Crippen LogP contribution in [0, 0.1) is 5.82 Å². The van der Waals surface area contributed by atoms with Crippen LogP contribution in [0.25, 0.3) is 0 Å². The Bertz CT molecular complexity index is 621. The van der Waals surface area contributed by atoms with Gasteiger partial charge in [0.15, 0.2) is 0 Å². The van der Waals surface area contributed by atoms with E-state index in [1.807, 2.05) is 0 Å². The molecule has 1 unspecified atom stereocenters. The first-order valence-corrected chi connectivity index (χ1v) is 6.01. The second-order valence-corrected chi connectivity index (χ2v) is 4.41. The minimum atomic E-state index is -4.60. The van der Waals surface area contributed by atoms with Crippen LogP contribution in [0.15, 0.2) is 42.5 Å². The second-order valence-electron chi connectivity index (χ2n) is 4.41. The van der Waals surface area contributed by atoms with E-state index in [1.54, 1.807) is 0 Å². The van der Waals surface area contributed by atoms with Crippen molar-refractivity contribution in [3.63, 3.8) is 0 Å². The fourth-order valence-electron chi connectivity index (χ4n) is 1.90. The van der Waals surface area contributed by atoms with Crippen LogP contribution in [0.1, 0.15) is 22.8 Å². The number of rotatable bonds is 3. The van der Waals surface area contributed by atoms with E-state index < -0.39 is 29.2 Å². The van der Waals surface area contributed by atoms with E-state index in [0.717, 1.165) is 0 Å². The SMILES string of the molecule is COc1ccc(C(O)c2cc(C(F)(F)F)ccc2F)cc1. The number of hydrogen-bond acceptors (Lipinski definition) is 2. The molecule has 6 heteroatoms. The van der Waals surface area contributed by atoms with Gasteiger partial charge in [-0.2, -0.15) is 13.2 Å². The van der Waals surface area contributed by atoms with E-state index in [2.05, 4.69) is 0 Å². The first-order valence-electron chi connectivity index (χ1n) is 6.01. The second kappa shape index (κ2) is 5.73. The molecule has 21 heavy (non-hydrogen) atoms. The number of aliphatic hydroxyl groups excluding tert-OH is 1. The van der Waals surface area contributed by atoms with Crippen molar-refractivity contribution in [2.45, 2.75) is 12.3 Å². The summed E-state index contributed by atoms with van der Waals surface area (Å²) in [5.74, 6) is -0.373. The molecule has 2 nitrogen and oxygen atoms in total. The third-order valence-electron chi connectivity index (χ3n) is 3.05. The Labute approximate surface area is 118 Å². The van der Waals surface area contributed by atoms with E-state index in [9.17, 15) is 22.7 Å². The smallest absolute Gasteiger partial charge is 0.416 e. The molecule has 1 atom stereocenters. The lowest BCUT2D eigenvalue weighted by Gasteiger charge is -2.15. The van der Waals surface area contributed by atoms with Crippen LogP contribution < -0.4 is 4.74 Å². The number of benzene rings is 2. The van der Waals surface area contributed by atoms with Crippen molar-refractivity contribution in [2.24, 2.45) is 0 Å². The number of alkyl halides is 3. The van der Waals surface area contributed by atoms with Gasteiger partial charge in [-0.25, -0.2) is 4.39 Å². The molecule has 0 radical (unpaired) electrons. The van der Waals surface area contributed by atoms with Gasteiger partial charge < -0.3 is 9.84 Å². The van der Waals surface area contributed by atoms with Gasteiger partial charge in [0.25, 0.3) is 0 Å². The Morgan fingerprint density at radius 3 is 2.19 bits per heavy atom. The molecule has 1 N–H and O–H groups in total. The maximum Gasteiger partial charge on any atom is 0.416 e. The molecule has 2 aromatic carbocycles. The van der Waals surface area contributed by atoms with E-state index in [4.69, 9.17) is 4.74 Å². The van der Waals surface area contributed by atoms with Crippen LogP contribution in [-0.2, 0) is 6.18 Å². The lowest BCUT2D eigenvalue weighted by Crippen LogP contribution is -2.09. The first-order chi connectivity index (χ1) is 9.82. The third kappa shape index (κ3) is 3.33. The molecule has 0 aliphatic rings. The van der Waals surface area contributed by atoms with Crippen LogP contribution in [0.5, 0.6) is 5.75 Å². The van der Waals surface area contributed by atoms with Gasteiger partial charge in [-0.05, 0) is 35.9 Å². The van der Waals surface area contributed by atoms with Crippen molar-refractivity contribution < 1.29 is 27.4 Å². The Morgan fingerprint density at radius 2 is 1.67 bits per heavy atom. The number of ether oxygens (including phenoxy) is 1. The summed E-state index contributed by atoms with van der Waals surface area (Å²) in [4.78, 5) is 0. The monoisotopic (exact) mass is 300 g/mol. The first kappa shape index (κ1) is 15.3. The van der Waals surface area contributed by atoms with Crippen LogP contribution >= 0.6 is 0 Å². The Morgan fingerprint density at radius 1 is 1.05 bits per heavy atom. The van der Waals surface area contributed by atoms with Crippen LogP contribution in [0.2, 0.25) is 0 Å². The molecule has 0 spiro atoms. The van der Waals surface area contributed by atoms with Crippen LogP contribution in [0.4, 0.5) is 17.6 Å². The fourth-order valence-corrected chi connectivity index (χ4v) is 1.90. The molecule has 0 bridgehead atoms. The van der Waals surface area contributed by atoms with E-state index in [0.29, 0.717) is 23.9 Å². The molecule has 0 amide bonds. The van der Waals surface area contributed by atoms with Gasteiger partial charge in [-0.3, -0.25) is 0 Å². The largest absolute Gasteiger partial charge is 0.497 e. The average Bonchev–Trinajstić information content (AvgIpc) is 2.46. The summed E-state index contributed by atoms with van der Waals surface area (Å²) in [5, 5.41) is 10.1. The van der Waals surface area contributed by atoms with E-state index in [1.165, 1.54) is 31.4 Å². The van der Waals surface area contributed by atoms with Crippen molar-refractivity contribution in [3.8, 4) is 5.75 Å². The van der Waals surface area contributed by atoms with Crippen molar-refractivity contribution in [2.75, 3.05) is 7.11 Å². The molecule has 112 valence electrons. The molecule has 0 aromatic heterocycles. The lowest BCUT2D eigenvalue weighted by atomic mass is 9.99. The highest BCUT2D eigenvalue weighted by Crippen LogP contribution is 2.33. The van der Waals surface area contributed by atoms with Crippen LogP contribution in [-0.4, -0.2) is 12.2 Å². The molecule has 2 rings (SSSR count). The Balaban J connectivity index is 2.39. The van der Waals surface area contributed by atoms with Gasteiger partial charge in [-0.15, -0.1) is 0 Å². The van der Waals surface area contributed by atoms with Crippen molar-refractivity contribution in [1.29, 1.82) is 0 Å². The average molecular weight is 300 g/mol. The standard InChI is InChI=1S/C15H12F4O2/c1-21-11-5-2-9(3-6-11)14(20)12-8-10(15(17,18)19)4-7-13(12)16/h2-8,14,20H,1H3. The minimum Gasteiger partial charge on any atom is -0.497 e. The highest BCUT2D eigenvalue weighted by atomic mass is 19.4. The number of halogens is 4. The van der Waals surface area contributed by atoms with Crippen molar-refractivity contribution in [3.05, 3.63) is 65.0 Å². The summed E-state index contributed by atoms with van der Waals surface area (Å²) < 4.78 is 56.6. The summed E-state index contributed by atoms with van der Waals surface area (Å²) >= 11 is 0. The van der Waals surface area contributed by atoms with Gasteiger partial charge in [-0.1, -0.05) is 12.1 Å². The van der Waals surface area contributed by atoms with Crippen molar-refractivity contribution >= 4 is 0 Å². The van der Waals surface area contributed by atoms with Crippen molar-refractivity contribution in [1.82, 2.24) is 0 Å². The quantitative estimate of drug-likeness (QED) is 0.870. The predicted molar refractivity (Wildman–Crippen MR) is 68.5 cm³/mol. The predicted octanol–water partition coefficient (Wildman–Crippen LogP) is 3.93. The van der Waals surface area contributed by atoms with Gasteiger partial charge >= 0.3 is 6.18 Å². The molecule has 0 heterocycles. The maximum absolute atomic E-state index is 13.7. The summed E-state index contributed by atoms with van der Waals surface area (Å²) in [7, 11) is 1.46. The van der Waals surface area contributed by atoms with Gasteiger partial charge in [0.1, 0.15) is 17.7 Å². The van der Waals surface area contributed by atoms with Gasteiger partial charge in [0, 0.05) is 5.56 Å². The fraction of sp³-hybridized carbons (Fsp3) is 0.200. The zero-order valence-electron chi connectivity index (χ0n) is 11.0. The molecule has 2 aromatic rings. The topological polar surface area (TPSA) is 29.5 Å². The molecule has 0 saturated carbocycles. The number of methoxy groups -OCH3 is 1. The maximum atomic E-state index is 13.7. The van der Waals surface area contributed by atoms with Gasteiger partial charge in [0.2, 0.25) is 0 Å². The highest BCUT2D eigenvalue weighted by molar-refractivity contribution is 5.37. The van der Waals surface area contributed by atoms with Gasteiger partial charge in [0.05, 0.1) is 12.7 Å². The Kier molecular flexibility index (Phi) is 4.18.